The molecule has 2 aromatic carbocycles. The Hall–Kier alpha value is -3.68. The van der Waals surface area contributed by atoms with E-state index in [1.807, 2.05) is 0 Å². The summed E-state index contributed by atoms with van der Waals surface area (Å²) in [6.45, 7) is 4.94. The summed E-state index contributed by atoms with van der Waals surface area (Å²) in [5, 5.41) is 0. The average molecular weight is 386 g/mol. The van der Waals surface area contributed by atoms with E-state index in [4.69, 9.17) is 18.9 Å². The van der Waals surface area contributed by atoms with Crippen molar-refractivity contribution in [2.24, 2.45) is 0 Å². The summed E-state index contributed by atoms with van der Waals surface area (Å²) in [4.78, 5) is 45.2. The Morgan fingerprint density at radius 2 is 0.679 bits per heavy atom. The zero-order valence-electron chi connectivity index (χ0n) is 15.7. The minimum Gasteiger partial charge on any atom is -0.427 e. The molecule has 0 fully saturated rings. The minimum atomic E-state index is -0.555. The first-order chi connectivity index (χ1) is 13.1. The molecule has 0 radical (unpaired) electrons. The van der Waals surface area contributed by atoms with Crippen LogP contribution in [-0.4, -0.2) is 23.9 Å². The molecule has 0 unspecified atom stereocenters. The maximum absolute atomic E-state index is 11.3. The van der Waals surface area contributed by atoms with Crippen molar-refractivity contribution in [1.29, 1.82) is 0 Å². The Bertz CT molecular complexity index is 799. The van der Waals surface area contributed by atoms with Gasteiger partial charge < -0.3 is 18.9 Å². The Balaban J connectivity index is 2.59. The van der Waals surface area contributed by atoms with E-state index in [1.54, 1.807) is 0 Å². The zero-order chi connectivity index (χ0) is 20.8. The van der Waals surface area contributed by atoms with Crippen LogP contribution in [0.1, 0.15) is 27.7 Å². The SMILES string of the molecule is CC(=O)Oc1cc(OC(C)=O)cc(-c2cc(OC(C)=O)cc(OC(C)=O)c2)c1. The molecule has 0 bridgehead atoms. The fourth-order valence-electron chi connectivity index (χ4n) is 2.38. The van der Waals surface area contributed by atoms with Gasteiger partial charge in [-0.05, 0) is 35.4 Å². The molecular formula is C20H18O8. The maximum atomic E-state index is 11.3. The molecule has 0 saturated carbocycles. The highest BCUT2D eigenvalue weighted by Crippen LogP contribution is 2.35. The minimum absolute atomic E-state index is 0.146. The van der Waals surface area contributed by atoms with E-state index in [0.717, 1.165) is 0 Å². The molecule has 0 aliphatic carbocycles. The molecule has 2 rings (SSSR count). The topological polar surface area (TPSA) is 105 Å². The van der Waals surface area contributed by atoms with E-state index in [0.29, 0.717) is 11.1 Å². The van der Waals surface area contributed by atoms with Gasteiger partial charge >= 0.3 is 23.9 Å². The lowest BCUT2D eigenvalue weighted by Gasteiger charge is -2.12. The standard InChI is InChI=1S/C20H18O8/c1-11(21)25-17-5-15(6-18(9-17)26-12(2)22)16-7-19(27-13(3)23)10-20(8-16)28-14(4)24/h5-10H,1-4H3. The number of esters is 4. The van der Waals surface area contributed by atoms with Gasteiger partial charge in [0.15, 0.2) is 0 Å². The van der Waals surface area contributed by atoms with E-state index < -0.39 is 23.9 Å². The predicted octanol–water partition coefficient (Wildman–Crippen LogP) is 3.05. The van der Waals surface area contributed by atoms with Gasteiger partial charge in [0.05, 0.1) is 0 Å². The summed E-state index contributed by atoms with van der Waals surface area (Å²) in [5.41, 5.74) is 0.940. The van der Waals surface area contributed by atoms with E-state index in [-0.39, 0.29) is 23.0 Å². The van der Waals surface area contributed by atoms with Gasteiger partial charge in [-0.25, -0.2) is 0 Å². The summed E-state index contributed by atoms with van der Waals surface area (Å²) < 4.78 is 20.3. The summed E-state index contributed by atoms with van der Waals surface area (Å²) in [5.74, 6) is -1.64. The van der Waals surface area contributed by atoms with Crippen LogP contribution in [0.3, 0.4) is 0 Å². The average Bonchev–Trinajstić information content (AvgIpc) is 2.51. The van der Waals surface area contributed by atoms with E-state index >= 15 is 0 Å². The zero-order valence-corrected chi connectivity index (χ0v) is 15.7. The number of ether oxygens (including phenoxy) is 4. The van der Waals surface area contributed by atoms with Gasteiger partial charge in [-0.3, -0.25) is 19.2 Å². The normalized spacial score (nSPS) is 10.0. The van der Waals surface area contributed by atoms with Crippen molar-refractivity contribution in [2.45, 2.75) is 27.7 Å². The van der Waals surface area contributed by atoms with Crippen LogP contribution in [0.4, 0.5) is 0 Å². The second-order valence-corrected chi connectivity index (χ2v) is 5.76. The lowest BCUT2D eigenvalue weighted by Crippen LogP contribution is -2.05. The molecule has 0 aliphatic rings. The smallest absolute Gasteiger partial charge is 0.308 e. The van der Waals surface area contributed by atoms with Crippen LogP contribution in [0.15, 0.2) is 36.4 Å². The van der Waals surface area contributed by atoms with Gasteiger partial charge in [0.2, 0.25) is 0 Å². The second-order valence-electron chi connectivity index (χ2n) is 5.76. The van der Waals surface area contributed by atoms with Crippen molar-refractivity contribution in [2.75, 3.05) is 0 Å². The van der Waals surface area contributed by atoms with Gasteiger partial charge in [-0.2, -0.15) is 0 Å². The molecule has 0 saturated heterocycles. The number of carbonyl (C=O) groups is 4. The van der Waals surface area contributed by atoms with Crippen molar-refractivity contribution in [3.63, 3.8) is 0 Å². The second kappa shape index (κ2) is 8.81. The Kier molecular flexibility index (Phi) is 6.49. The van der Waals surface area contributed by atoms with Crippen LogP contribution < -0.4 is 18.9 Å². The largest absolute Gasteiger partial charge is 0.427 e. The Morgan fingerprint density at radius 1 is 0.464 bits per heavy atom. The predicted molar refractivity (Wildman–Crippen MR) is 97.1 cm³/mol. The summed E-state index contributed by atoms with van der Waals surface area (Å²) >= 11 is 0. The number of carbonyl (C=O) groups excluding carboxylic acids is 4. The first-order valence-electron chi connectivity index (χ1n) is 8.16. The molecule has 146 valence electrons. The van der Waals surface area contributed by atoms with Crippen LogP contribution in [0.25, 0.3) is 11.1 Å². The van der Waals surface area contributed by atoms with Crippen LogP contribution in [-0.2, 0) is 19.2 Å². The summed E-state index contributed by atoms with van der Waals surface area (Å²) in [6, 6.07) is 8.87. The number of hydrogen-bond donors (Lipinski definition) is 0. The van der Waals surface area contributed by atoms with Gasteiger partial charge in [-0.1, -0.05) is 0 Å². The quantitative estimate of drug-likeness (QED) is 0.570. The highest BCUT2D eigenvalue weighted by Gasteiger charge is 2.13. The Labute approximate surface area is 161 Å². The fraction of sp³-hybridized carbons (Fsp3) is 0.200. The molecule has 0 spiro atoms. The van der Waals surface area contributed by atoms with Gasteiger partial charge in [0, 0.05) is 39.8 Å². The molecule has 28 heavy (non-hydrogen) atoms. The first kappa shape index (κ1) is 20.6. The molecule has 2 aromatic rings. The molecule has 0 amide bonds. The molecule has 0 aliphatic heterocycles. The third-order valence-electron chi connectivity index (χ3n) is 3.14. The molecule has 8 heteroatoms. The Morgan fingerprint density at radius 3 is 0.857 bits per heavy atom. The van der Waals surface area contributed by atoms with Crippen molar-refractivity contribution >= 4 is 23.9 Å². The first-order valence-corrected chi connectivity index (χ1v) is 8.16. The highest BCUT2D eigenvalue weighted by atomic mass is 16.6. The third kappa shape index (κ3) is 6.24. The summed E-state index contributed by atoms with van der Waals surface area (Å²) in [7, 11) is 0. The van der Waals surface area contributed by atoms with Crippen LogP contribution in [0, 0.1) is 0 Å². The van der Waals surface area contributed by atoms with Crippen LogP contribution >= 0.6 is 0 Å². The number of benzene rings is 2. The molecular weight excluding hydrogens is 368 g/mol. The third-order valence-corrected chi connectivity index (χ3v) is 3.14. The van der Waals surface area contributed by atoms with E-state index in [2.05, 4.69) is 0 Å². The maximum Gasteiger partial charge on any atom is 0.308 e. The van der Waals surface area contributed by atoms with Gasteiger partial charge in [-0.15, -0.1) is 0 Å². The van der Waals surface area contributed by atoms with E-state index in [1.165, 1.54) is 64.1 Å². The van der Waals surface area contributed by atoms with Gasteiger partial charge in [0.25, 0.3) is 0 Å². The lowest BCUT2D eigenvalue weighted by molar-refractivity contribution is -0.133. The molecule has 0 atom stereocenters. The molecule has 0 heterocycles. The summed E-state index contributed by atoms with van der Waals surface area (Å²) in [6.07, 6.45) is 0. The van der Waals surface area contributed by atoms with Crippen molar-refractivity contribution in [1.82, 2.24) is 0 Å². The number of hydrogen-bond acceptors (Lipinski definition) is 8. The lowest BCUT2D eigenvalue weighted by atomic mass is 10.0. The van der Waals surface area contributed by atoms with Crippen molar-refractivity contribution in [3.8, 4) is 34.1 Å². The monoisotopic (exact) mass is 386 g/mol. The molecule has 8 nitrogen and oxygen atoms in total. The van der Waals surface area contributed by atoms with Crippen molar-refractivity contribution < 1.29 is 38.1 Å². The number of rotatable bonds is 5. The fourth-order valence-corrected chi connectivity index (χ4v) is 2.38. The molecule has 0 aromatic heterocycles. The van der Waals surface area contributed by atoms with Crippen molar-refractivity contribution in [3.05, 3.63) is 36.4 Å². The van der Waals surface area contributed by atoms with Crippen LogP contribution in [0.2, 0.25) is 0 Å². The van der Waals surface area contributed by atoms with Gasteiger partial charge in [0.1, 0.15) is 23.0 Å². The molecule has 0 N–H and O–H groups in total. The highest BCUT2D eigenvalue weighted by molar-refractivity contribution is 5.78. The van der Waals surface area contributed by atoms with Crippen LogP contribution in [0.5, 0.6) is 23.0 Å². The van der Waals surface area contributed by atoms with E-state index in [9.17, 15) is 19.2 Å².